The minimum absolute atomic E-state index is 0.161. The van der Waals surface area contributed by atoms with Crippen molar-refractivity contribution in [1.82, 2.24) is 20.6 Å². The Kier molecular flexibility index (Phi) is 3.54. The zero-order valence-electron chi connectivity index (χ0n) is 8.44. The Morgan fingerprint density at radius 3 is 2.80 bits per heavy atom. The molecule has 2 atom stereocenters. The summed E-state index contributed by atoms with van der Waals surface area (Å²) in [6.45, 7) is 2.33. The summed E-state index contributed by atoms with van der Waals surface area (Å²) < 4.78 is 5.47. The number of nitrogens with one attached hydrogen (secondary N) is 3. The zero-order chi connectivity index (χ0) is 10.5. The molecule has 0 spiro atoms. The van der Waals surface area contributed by atoms with E-state index in [4.69, 9.17) is 9.84 Å². The van der Waals surface area contributed by atoms with Gasteiger partial charge in [0.05, 0.1) is 25.2 Å². The highest BCUT2D eigenvalue weighted by Gasteiger charge is 2.19. The molecule has 2 rings (SSSR count). The van der Waals surface area contributed by atoms with E-state index in [1.807, 2.05) is 0 Å². The van der Waals surface area contributed by atoms with Gasteiger partial charge in [0.1, 0.15) is 6.61 Å². The first-order valence-corrected chi connectivity index (χ1v) is 5.07. The van der Waals surface area contributed by atoms with Gasteiger partial charge in [-0.3, -0.25) is 0 Å². The molecule has 0 aromatic carbocycles. The van der Waals surface area contributed by atoms with Gasteiger partial charge in [-0.2, -0.15) is 0 Å². The summed E-state index contributed by atoms with van der Waals surface area (Å²) in [6, 6.07) is 0.435. The minimum Gasteiger partial charge on any atom is -0.476 e. The number of aromatic amines is 1. The van der Waals surface area contributed by atoms with E-state index in [0.717, 1.165) is 13.1 Å². The van der Waals surface area contributed by atoms with Crippen molar-refractivity contribution >= 4 is 0 Å². The molecule has 1 aliphatic heterocycles. The molecule has 1 saturated heterocycles. The van der Waals surface area contributed by atoms with Crippen LogP contribution in [-0.4, -0.2) is 53.5 Å². The van der Waals surface area contributed by atoms with Gasteiger partial charge >= 0.3 is 0 Å². The van der Waals surface area contributed by atoms with Crippen molar-refractivity contribution in [2.45, 2.75) is 12.1 Å². The predicted octanol–water partition coefficient (Wildman–Crippen LogP) is -1.29. The van der Waals surface area contributed by atoms with E-state index in [0.29, 0.717) is 12.5 Å². The molecule has 4 N–H and O–H groups in total. The van der Waals surface area contributed by atoms with Gasteiger partial charge in [-0.05, 0) is 0 Å². The second-order valence-electron chi connectivity index (χ2n) is 3.62. The van der Waals surface area contributed by atoms with Crippen molar-refractivity contribution in [1.29, 1.82) is 0 Å². The van der Waals surface area contributed by atoms with E-state index in [2.05, 4.69) is 20.6 Å². The fourth-order valence-electron chi connectivity index (χ4n) is 1.52. The number of aliphatic hydroxyl groups excluding tert-OH is 1. The van der Waals surface area contributed by atoms with Crippen molar-refractivity contribution in [3.05, 3.63) is 12.5 Å². The summed E-state index contributed by atoms with van der Waals surface area (Å²) in [4.78, 5) is 6.74. The van der Waals surface area contributed by atoms with E-state index in [1.165, 1.54) is 0 Å². The number of aliphatic hydroxyl groups is 1. The van der Waals surface area contributed by atoms with Crippen molar-refractivity contribution in [2.24, 2.45) is 0 Å². The van der Waals surface area contributed by atoms with Crippen LogP contribution in [0.3, 0.4) is 0 Å². The average molecular weight is 212 g/mol. The molecule has 2 unspecified atom stereocenters. The van der Waals surface area contributed by atoms with Gasteiger partial charge in [-0.15, -0.1) is 0 Å². The highest BCUT2D eigenvalue weighted by atomic mass is 16.5. The van der Waals surface area contributed by atoms with Gasteiger partial charge in [0.25, 0.3) is 0 Å². The molecule has 0 aliphatic carbocycles. The fraction of sp³-hybridized carbons (Fsp3) is 0.667. The van der Waals surface area contributed by atoms with Crippen molar-refractivity contribution in [3.8, 4) is 5.88 Å². The third-order valence-corrected chi connectivity index (χ3v) is 2.44. The average Bonchev–Trinajstić information content (AvgIpc) is 2.80. The number of ether oxygens (including phenoxy) is 1. The summed E-state index contributed by atoms with van der Waals surface area (Å²) >= 11 is 0. The first-order chi connectivity index (χ1) is 7.38. The lowest BCUT2D eigenvalue weighted by Gasteiger charge is -2.29. The Hall–Kier alpha value is -1.11. The molecule has 1 fully saturated rings. The number of hydrogen-bond acceptors (Lipinski definition) is 5. The third kappa shape index (κ3) is 2.92. The minimum atomic E-state index is 0.161. The second kappa shape index (κ2) is 5.11. The van der Waals surface area contributed by atoms with Crippen LogP contribution in [0.1, 0.15) is 0 Å². The molecule has 2 heterocycles. The first-order valence-electron chi connectivity index (χ1n) is 5.07. The van der Waals surface area contributed by atoms with Crippen LogP contribution >= 0.6 is 0 Å². The van der Waals surface area contributed by atoms with E-state index in [9.17, 15) is 0 Å². The molecule has 6 nitrogen and oxygen atoms in total. The largest absolute Gasteiger partial charge is 0.476 e. The Bertz CT molecular complexity index is 270. The zero-order valence-corrected chi connectivity index (χ0v) is 8.44. The summed E-state index contributed by atoms with van der Waals surface area (Å²) in [5.74, 6) is 0.682. The maximum Gasteiger partial charge on any atom is 0.210 e. The van der Waals surface area contributed by atoms with Crippen LogP contribution in [0.5, 0.6) is 5.88 Å². The van der Waals surface area contributed by atoms with Crippen LogP contribution in [-0.2, 0) is 0 Å². The molecule has 15 heavy (non-hydrogen) atoms. The molecular formula is C9H16N4O2. The SMILES string of the molecule is OCC1CNC(COc2cnc[nH]2)CN1. The summed E-state index contributed by atoms with van der Waals surface area (Å²) in [5.41, 5.74) is 0. The highest BCUT2D eigenvalue weighted by Crippen LogP contribution is 2.03. The van der Waals surface area contributed by atoms with Gasteiger partial charge < -0.3 is 25.5 Å². The van der Waals surface area contributed by atoms with Gasteiger partial charge in [0.15, 0.2) is 0 Å². The van der Waals surface area contributed by atoms with E-state index >= 15 is 0 Å². The standard InChI is InChI=1S/C9H16N4O2/c14-4-7-1-12-8(2-11-7)5-15-9-3-10-6-13-9/h3,6-8,11-12,14H,1-2,4-5H2,(H,10,13). The maximum atomic E-state index is 8.91. The molecule has 1 aliphatic rings. The number of hydrogen-bond donors (Lipinski definition) is 4. The second-order valence-corrected chi connectivity index (χ2v) is 3.62. The van der Waals surface area contributed by atoms with Gasteiger partial charge in [0.2, 0.25) is 5.88 Å². The number of aromatic nitrogens is 2. The lowest BCUT2D eigenvalue weighted by Crippen LogP contribution is -2.57. The smallest absolute Gasteiger partial charge is 0.210 e. The number of imidazole rings is 1. The number of H-pyrrole nitrogens is 1. The molecule has 0 bridgehead atoms. The van der Waals surface area contributed by atoms with Crippen LogP contribution in [0, 0.1) is 0 Å². The van der Waals surface area contributed by atoms with Crippen LogP contribution in [0.4, 0.5) is 0 Å². The van der Waals surface area contributed by atoms with E-state index < -0.39 is 0 Å². The lowest BCUT2D eigenvalue weighted by molar-refractivity contribution is 0.183. The molecule has 1 aromatic rings. The van der Waals surface area contributed by atoms with Crippen LogP contribution < -0.4 is 15.4 Å². The molecule has 84 valence electrons. The number of nitrogens with zero attached hydrogens (tertiary/aromatic N) is 1. The quantitative estimate of drug-likeness (QED) is 0.499. The Morgan fingerprint density at radius 1 is 1.40 bits per heavy atom. The van der Waals surface area contributed by atoms with Crippen molar-refractivity contribution in [3.63, 3.8) is 0 Å². The van der Waals surface area contributed by atoms with Crippen LogP contribution in [0.25, 0.3) is 0 Å². The molecular weight excluding hydrogens is 196 g/mol. The summed E-state index contributed by atoms with van der Waals surface area (Å²) in [7, 11) is 0. The van der Waals surface area contributed by atoms with Crippen molar-refractivity contribution in [2.75, 3.05) is 26.3 Å². The summed E-state index contributed by atoms with van der Waals surface area (Å²) in [6.07, 6.45) is 3.23. The monoisotopic (exact) mass is 212 g/mol. The molecule has 0 saturated carbocycles. The Balaban J connectivity index is 1.69. The fourth-order valence-corrected chi connectivity index (χ4v) is 1.52. The molecule has 0 amide bonds. The number of piperazine rings is 1. The van der Waals surface area contributed by atoms with Crippen LogP contribution in [0.2, 0.25) is 0 Å². The molecule has 1 aromatic heterocycles. The third-order valence-electron chi connectivity index (χ3n) is 2.44. The topological polar surface area (TPSA) is 82.2 Å². The lowest BCUT2D eigenvalue weighted by atomic mass is 10.2. The first kappa shape index (κ1) is 10.4. The number of rotatable bonds is 4. The summed E-state index contributed by atoms with van der Waals surface area (Å²) in [5, 5.41) is 15.4. The maximum absolute atomic E-state index is 8.91. The van der Waals surface area contributed by atoms with Gasteiger partial charge in [-0.1, -0.05) is 0 Å². The molecule has 0 radical (unpaired) electrons. The Morgan fingerprint density at radius 2 is 2.20 bits per heavy atom. The van der Waals surface area contributed by atoms with Gasteiger partial charge in [0, 0.05) is 19.1 Å². The predicted molar refractivity (Wildman–Crippen MR) is 54.7 cm³/mol. The van der Waals surface area contributed by atoms with E-state index in [1.54, 1.807) is 12.5 Å². The molecule has 6 heteroatoms. The Labute approximate surface area is 88.1 Å². The van der Waals surface area contributed by atoms with E-state index in [-0.39, 0.29) is 18.7 Å². The highest BCUT2D eigenvalue weighted by molar-refractivity contribution is 5.01. The van der Waals surface area contributed by atoms with Crippen molar-refractivity contribution < 1.29 is 9.84 Å². The van der Waals surface area contributed by atoms with Crippen LogP contribution in [0.15, 0.2) is 12.5 Å². The normalized spacial score (nSPS) is 26.5. The van der Waals surface area contributed by atoms with Gasteiger partial charge in [-0.25, -0.2) is 4.98 Å².